The summed E-state index contributed by atoms with van der Waals surface area (Å²) in [6, 6.07) is -0.510. The highest BCUT2D eigenvalue weighted by Crippen LogP contribution is 2.18. The topological polar surface area (TPSA) is 52.3 Å². The van der Waals surface area contributed by atoms with E-state index in [1.165, 1.54) is 116 Å². The van der Waals surface area contributed by atoms with Crippen molar-refractivity contribution in [2.75, 3.05) is 0 Å². The van der Waals surface area contributed by atoms with E-state index in [1.54, 1.807) is 6.92 Å². The van der Waals surface area contributed by atoms with Crippen LogP contribution in [0.25, 0.3) is 0 Å². The molecule has 0 aromatic heterocycles. The van der Waals surface area contributed by atoms with Gasteiger partial charge in [0.05, 0.1) is 0 Å². The molecule has 0 bridgehead atoms. The molecule has 0 aromatic carbocycles. The monoisotopic (exact) mass is 411 g/mol. The van der Waals surface area contributed by atoms with Gasteiger partial charge in [0.2, 0.25) is 0 Å². The van der Waals surface area contributed by atoms with Crippen LogP contribution in [-0.4, -0.2) is 18.1 Å². The van der Waals surface area contributed by atoms with Gasteiger partial charge < -0.3 is 10.5 Å². The van der Waals surface area contributed by atoms with Crippen molar-refractivity contribution in [3.05, 3.63) is 0 Å². The number of carbonyl (C=O) groups is 1. The third-order valence-electron chi connectivity index (χ3n) is 5.91. The second-order valence-electron chi connectivity index (χ2n) is 9.08. The molecule has 2 N–H and O–H groups in total. The first-order valence-electron chi connectivity index (χ1n) is 13.1. The Morgan fingerprint density at radius 3 is 1.24 bits per heavy atom. The Bertz CT molecular complexity index is 322. The summed E-state index contributed by atoms with van der Waals surface area (Å²) < 4.78 is 5.69. The van der Waals surface area contributed by atoms with Gasteiger partial charge in [0.25, 0.3) is 0 Å². The summed E-state index contributed by atoms with van der Waals surface area (Å²) in [4.78, 5) is 11.9. The fourth-order valence-electron chi connectivity index (χ4n) is 3.90. The Labute approximate surface area is 182 Å². The minimum Gasteiger partial charge on any atom is -0.461 e. The highest BCUT2D eigenvalue weighted by molar-refractivity contribution is 5.75. The zero-order valence-electron chi connectivity index (χ0n) is 20.2. The third-order valence-corrected chi connectivity index (χ3v) is 5.91. The zero-order valence-corrected chi connectivity index (χ0v) is 20.2. The largest absolute Gasteiger partial charge is 0.461 e. The maximum Gasteiger partial charge on any atom is 0.322 e. The maximum atomic E-state index is 11.9. The Morgan fingerprint density at radius 1 is 0.621 bits per heavy atom. The van der Waals surface area contributed by atoms with Gasteiger partial charge in [-0.05, 0) is 32.6 Å². The van der Waals surface area contributed by atoms with Crippen molar-refractivity contribution < 1.29 is 9.53 Å². The zero-order chi connectivity index (χ0) is 21.6. The van der Waals surface area contributed by atoms with Crippen molar-refractivity contribution in [3.8, 4) is 0 Å². The average Bonchev–Trinajstić information content (AvgIpc) is 2.70. The average molecular weight is 412 g/mol. The Kier molecular flexibility index (Phi) is 21.7. The van der Waals surface area contributed by atoms with E-state index in [4.69, 9.17) is 10.5 Å². The van der Waals surface area contributed by atoms with Gasteiger partial charge in [0.1, 0.15) is 12.1 Å². The Hall–Kier alpha value is -0.570. The molecule has 0 aromatic rings. The molecule has 3 heteroatoms. The molecule has 29 heavy (non-hydrogen) atoms. The summed E-state index contributed by atoms with van der Waals surface area (Å²) in [5.74, 6) is -0.234. The van der Waals surface area contributed by atoms with Crippen molar-refractivity contribution >= 4 is 5.97 Å². The van der Waals surface area contributed by atoms with E-state index >= 15 is 0 Å². The number of hydrogen-bond donors (Lipinski definition) is 1. The summed E-state index contributed by atoms with van der Waals surface area (Å²) in [6.45, 7) is 6.25. The number of unbranched alkanes of at least 4 members (excludes halogenated alkanes) is 16. The van der Waals surface area contributed by atoms with Crippen LogP contribution in [0.2, 0.25) is 0 Å². The first kappa shape index (κ1) is 28.4. The SMILES string of the molecule is CCCCCCCCCCCC(CCCCCCCCCCC)OC(=O)C(C)N. The van der Waals surface area contributed by atoms with Crippen LogP contribution >= 0.6 is 0 Å². The van der Waals surface area contributed by atoms with Gasteiger partial charge in [0, 0.05) is 0 Å². The van der Waals surface area contributed by atoms with Crippen LogP contribution in [0.1, 0.15) is 149 Å². The molecule has 0 aliphatic heterocycles. The van der Waals surface area contributed by atoms with Crippen LogP contribution in [0.5, 0.6) is 0 Å². The molecule has 0 radical (unpaired) electrons. The second-order valence-corrected chi connectivity index (χ2v) is 9.08. The fourth-order valence-corrected chi connectivity index (χ4v) is 3.90. The summed E-state index contributed by atoms with van der Waals surface area (Å²) in [5, 5.41) is 0. The maximum absolute atomic E-state index is 11.9. The third kappa shape index (κ3) is 20.5. The van der Waals surface area contributed by atoms with Gasteiger partial charge in [-0.15, -0.1) is 0 Å². The van der Waals surface area contributed by atoms with Crippen molar-refractivity contribution in [2.24, 2.45) is 5.73 Å². The molecule has 0 amide bonds. The van der Waals surface area contributed by atoms with Crippen LogP contribution in [0.15, 0.2) is 0 Å². The van der Waals surface area contributed by atoms with E-state index in [2.05, 4.69) is 13.8 Å². The number of ether oxygens (including phenoxy) is 1. The van der Waals surface area contributed by atoms with Crippen molar-refractivity contribution in [2.45, 2.75) is 161 Å². The van der Waals surface area contributed by atoms with E-state index in [1.807, 2.05) is 0 Å². The quantitative estimate of drug-likeness (QED) is 0.145. The van der Waals surface area contributed by atoms with Crippen molar-refractivity contribution in [1.82, 2.24) is 0 Å². The first-order chi connectivity index (χ1) is 14.1. The lowest BCUT2D eigenvalue weighted by Crippen LogP contribution is -2.32. The predicted octanol–water partition coefficient (Wildman–Crippen LogP) is 8.09. The van der Waals surface area contributed by atoms with Crippen molar-refractivity contribution in [3.63, 3.8) is 0 Å². The fraction of sp³-hybridized carbons (Fsp3) is 0.962. The molecule has 0 fully saturated rings. The Balaban J connectivity index is 3.83. The molecule has 0 heterocycles. The molecule has 1 atom stereocenters. The predicted molar refractivity (Wildman–Crippen MR) is 127 cm³/mol. The van der Waals surface area contributed by atoms with E-state index < -0.39 is 6.04 Å². The molecule has 0 spiro atoms. The van der Waals surface area contributed by atoms with E-state index in [-0.39, 0.29) is 12.1 Å². The molecule has 0 saturated carbocycles. The molecule has 174 valence electrons. The first-order valence-corrected chi connectivity index (χ1v) is 13.1. The van der Waals surface area contributed by atoms with Crippen LogP contribution in [0, 0.1) is 0 Å². The van der Waals surface area contributed by atoms with Crippen LogP contribution in [0.3, 0.4) is 0 Å². The normalized spacial score (nSPS) is 12.4. The smallest absolute Gasteiger partial charge is 0.322 e. The standard InChI is InChI=1S/C26H53NO2/c1-4-6-8-10-12-14-16-18-20-22-25(29-26(28)24(3)27)23-21-19-17-15-13-11-9-7-5-2/h24-25H,4-23,27H2,1-3H3. The van der Waals surface area contributed by atoms with Gasteiger partial charge in [-0.25, -0.2) is 0 Å². The van der Waals surface area contributed by atoms with Crippen LogP contribution in [-0.2, 0) is 9.53 Å². The molecular formula is C26H53NO2. The lowest BCUT2D eigenvalue weighted by molar-refractivity contribution is -0.151. The van der Waals surface area contributed by atoms with E-state index in [0.717, 1.165) is 12.8 Å². The van der Waals surface area contributed by atoms with Gasteiger partial charge in [-0.3, -0.25) is 4.79 Å². The lowest BCUT2D eigenvalue weighted by atomic mass is 10.0. The number of esters is 1. The van der Waals surface area contributed by atoms with E-state index in [9.17, 15) is 4.79 Å². The van der Waals surface area contributed by atoms with Gasteiger partial charge in [-0.2, -0.15) is 0 Å². The molecule has 0 aliphatic carbocycles. The van der Waals surface area contributed by atoms with Gasteiger partial charge in [0.15, 0.2) is 0 Å². The Morgan fingerprint density at radius 2 is 0.931 bits per heavy atom. The van der Waals surface area contributed by atoms with Crippen LogP contribution < -0.4 is 5.73 Å². The van der Waals surface area contributed by atoms with Crippen molar-refractivity contribution in [1.29, 1.82) is 0 Å². The number of nitrogens with two attached hydrogens (primary N) is 1. The summed E-state index contributed by atoms with van der Waals surface area (Å²) in [6.07, 6.45) is 26.0. The van der Waals surface area contributed by atoms with Gasteiger partial charge >= 0.3 is 5.97 Å². The highest BCUT2D eigenvalue weighted by atomic mass is 16.5. The highest BCUT2D eigenvalue weighted by Gasteiger charge is 2.16. The summed E-state index contributed by atoms with van der Waals surface area (Å²) in [7, 11) is 0. The minimum atomic E-state index is -0.510. The summed E-state index contributed by atoms with van der Waals surface area (Å²) >= 11 is 0. The summed E-state index contributed by atoms with van der Waals surface area (Å²) in [5.41, 5.74) is 5.70. The number of carbonyl (C=O) groups excluding carboxylic acids is 1. The second kappa shape index (κ2) is 22.1. The molecule has 1 unspecified atom stereocenters. The van der Waals surface area contributed by atoms with Crippen LogP contribution in [0.4, 0.5) is 0 Å². The molecule has 0 saturated heterocycles. The van der Waals surface area contributed by atoms with Gasteiger partial charge in [-0.1, -0.05) is 117 Å². The van der Waals surface area contributed by atoms with E-state index in [0.29, 0.717) is 0 Å². The molecule has 0 aliphatic rings. The number of rotatable bonds is 22. The lowest BCUT2D eigenvalue weighted by Gasteiger charge is -2.19. The minimum absolute atomic E-state index is 0.0719. The molecular weight excluding hydrogens is 358 g/mol. The molecule has 3 nitrogen and oxygen atoms in total. The number of hydrogen-bond acceptors (Lipinski definition) is 3. The molecule has 0 rings (SSSR count).